The molecule has 0 bridgehead atoms. The smallest absolute Gasteiger partial charge is 0.338 e. The van der Waals surface area contributed by atoms with E-state index in [1.165, 1.54) is 11.8 Å². The lowest BCUT2D eigenvalue weighted by Gasteiger charge is -2.12. The summed E-state index contributed by atoms with van der Waals surface area (Å²) in [6, 6.07) is 29.8. The molecule has 0 radical (unpaired) electrons. The molecule has 0 aliphatic carbocycles. The molecule has 43 heavy (non-hydrogen) atoms. The van der Waals surface area contributed by atoms with Gasteiger partial charge in [0.25, 0.3) is 11.8 Å². The number of amides is 3. The fourth-order valence-corrected chi connectivity index (χ4v) is 4.55. The first-order valence-corrected chi connectivity index (χ1v) is 14.6. The van der Waals surface area contributed by atoms with Gasteiger partial charge in [-0.25, -0.2) is 4.79 Å². The third kappa shape index (κ3) is 9.44. The van der Waals surface area contributed by atoms with Crippen LogP contribution in [0.1, 0.15) is 38.8 Å². The summed E-state index contributed by atoms with van der Waals surface area (Å²) in [5, 5.41) is 8.37. The summed E-state index contributed by atoms with van der Waals surface area (Å²) in [7, 11) is 0. The van der Waals surface area contributed by atoms with Crippen LogP contribution in [0.15, 0.2) is 114 Å². The highest BCUT2D eigenvalue weighted by Gasteiger charge is 2.15. The number of benzene rings is 4. The molecule has 3 N–H and O–H groups in total. The largest absolute Gasteiger partial charge is 0.462 e. The van der Waals surface area contributed by atoms with E-state index in [2.05, 4.69) is 16.0 Å². The maximum atomic E-state index is 13.2. The second-order valence-corrected chi connectivity index (χ2v) is 10.5. The number of ether oxygens (including phenoxy) is 1. The SMILES string of the molecule is CCOC(=O)c1ccc(NC(=O)CSc2ccc(NC(=O)/C(=C/c3ccc(C)cc3)NC(=O)c3ccccc3)cc2)cc1. The number of rotatable bonds is 11. The Morgan fingerprint density at radius 1 is 0.744 bits per heavy atom. The van der Waals surface area contributed by atoms with Crippen LogP contribution in [0, 0.1) is 6.92 Å². The van der Waals surface area contributed by atoms with Crippen LogP contribution in [0.25, 0.3) is 6.08 Å². The molecule has 0 heterocycles. The summed E-state index contributed by atoms with van der Waals surface area (Å²) in [4.78, 5) is 51.1. The highest BCUT2D eigenvalue weighted by Crippen LogP contribution is 2.21. The maximum absolute atomic E-state index is 13.2. The minimum atomic E-state index is -0.474. The molecule has 218 valence electrons. The van der Waals surface area contributed by atoms with E-state index in [0.29, 0.717) is 29.1 Å². The van der Waals surface area contributed by atoms with Crippen molar-refractivity contribution in [3.05, 3.63) is 131 Å². The molecule has 0 spiro atoms. The van der Waals surface area contributed by atoms with Gasteiger partial charge in [-0.2, -0.15) is 0 Å². The van der Waals surface area contributed by atoms with Crippen LogP contribution in [0.5, 0.6) is 0 Å². The molecule has 9 heteroatoms. The summed E-state index contributed by atoms with van der Waals surface area (Å²) in [5.41, 5.74) is 3.90. The lowest BCUT2D eigenvalue weighted by molar-refractivity contribution is -0.114. The predicted molar refractivity (Wildman–Crippen MR) is 170 cm³/mol. The number of hydrogen-bond donors (Lipinski definition) is 3. The van der Waals surface area contributed by atoms with Crippen LogP contribution in [-0.2, 0) is 14.3 Å². The Morgan fingerprint density at radius 3 is 2.02 bits per heavy atom. The van der Waals surface area contributed by atoms with Crippen molar-refractivity contribution in [1.29, 1.82) is 0 Å². The van der Waals surface area contributed by atoms with Crippen LogP contribution >= 0.6 is 11.8 Å². The highest BCUT2D eigenvalue weighted by molar-refractivity contribution is 8.00. The predicted octanol–water partition coefficient (Wildman–Crippen LogP) is 6.31. The van der Waals surface area contributed by atoms with Crippen molar-refractivity contribution in [3.63, 3.8) is 0 Å². The molecule has 4 aromatic carbocycles. The van der Waals surface area contributed by atoms with E-state index in [0.717, 1.165) is 16.0 Å². The average molecular weight is 594 g/mol. The number of carbonyl (C=O) groups is 4. The Kier molecular flexibility index (Phi) is 10.9. The van der Waals surface area contributed by atoms with Gasteiger partial charge >= 0.3 is 5.97 Å². The highest BCUT2D eigenvalue weighted by atomic mass is 32.2. The Balaban J connectivity index is 1.35. The van der Waals surface area contributed by atoms with E-state index in [1.807, 2.05) is 37.3 Å². The zero-order chi connectivity index (χ0) is 30.6. The van der Waals surface area contributed by atoms with Crippen molar-refractivity contribution in [1.82, 2.24) is 5.32 Å². The number of esters is 1. The number of hydrogen-bond acceptors (Lipinski definition) is 6. The fraction of sp³-hybridized carbons (Fsp3) is 0.118. The van der Waals surface area contributed by atoms with E-state index in [4.69, 9.17) is 4.74 Å². The average Bonchev–Trinajstić information content (AvgIpc) is 3.02. The molecule has 4 aromatic rings. The Labute approximate surface area is 254 Å². The first kappa shape index (κ1) is 30.8. The lowest BCUT2D eigenvalue weighted by atomic mass is 10.1. The van der Waals surface area contributed by atoms with Crippen LogP contribution in [-0.4, -0.2) is 36.1 Å². The molecule has 0 saturated carbocycles. The molecule has 0 atom stereocenters. The van der Waals surface area contributed by atoms with Gasteiger partial charge in [-0.15, -0.1) is 11.8 Å². The molecule has 0 fully saturated rings. The van der Waals surface area contributed by atoms with Crippen LogP contribution in [0.4, 0.5) is 11.4 Å². The monoisotopic (exact) mass is 593 g/mol. The molecule has 0 aromatic heterocycles. The van der Waals surface area contributed by atoms with Crippen molar-refractivity contribution in [2.45, 2.75) is 18.7 Å². The van der Waals surface area contributed by atoms with E-state index in [-0.39, 0.29) is 17.4 Å². The molecular formula is C34H31N3O5S. The quantitative estimate of drug-likeness (QED) is 0.107. The Bertz CT molecular complexity index is 1600. The second-order valence-electron chi connectivity index (χ2n) is 9.40. The van der Waals surface area contributed by atoms with E-state index >= 15 is 0 Å². The molecule has 0 aliphatic heterocycles. The summed E-state index contributed by atoms with van der Waals surface area (Å²) < 4.78 is 4.96. The molecule has 4 rings (SSSR count). The molecule has 0 unspecified atom stereocenters. The number of carbonyl (C=O) groups excluding carboxylic acids is 4. The summed E-state index contributed by atoms with van der Waals surface area (Å²) in [6.07, 6.45) is 1.63. The molecule has 3 amide bonds. The number of thioether (sulfide) groups is 1. The minimum absolute atomic E-state index is 0.100. The second kappa shape index (κ2) is 15.2. The zero-order valence-electron chi connectivity index (χ0n) is 23.8. The van der Waals surface area contributed by atoms with Crippen molar-refractivity contribution < 1.29 is 23.9 Å². The third-order valence-electron chi connectivity index (χ3n) is 6.08. The van der Waals surface area contributed by atoms with Gasteiger partial charge in [0.2, 0.25) is 5.91 Å². The minimum Gasteiger partial charge on any atom is -0.462 e. The molecule has 0 aliphatic rings. The van der Waals surface area contributed by atoms with Gasteiger partial charge in [0.15, 0.2) is 0 Å². The first-order chi connectivity index (χ1) is 20.8. The van der Waals surface area contributed by atoms with Gasteiger partial charge in [-0.3, -0.25) is 14.4 Å². The number of anilines is 2. The molecule has 0 saturated heterocycles. The fourth-order valence-electron chi connectivity index (χ4n) is 3.85. The van der Waals surface area contributed by atoms with Crippen molar-refractivity contribution >= 4 is 52.9 Å². The summed E-state index contributed by atoms with van der Waals surface area (Å²) in [5.74, 6) is -1.31. The van der Waals surface area contributed by atoms with E-state index in [1.54, 1.807) is 85.8 Å². The van der Waals surface area contributed by atoms with Gasteiger partial charge in [0.05, 0.1) is 17.9 Å². The first-order valence-electron chi connectivity index (χ1n) is 13.6. The van der Waals surface area contributed by atoms with Crippen molar-refractivity contribution in [2.75, 3.05) is 23.0 Å². The van der Waals surface area contributed by atoms with E-state index in [9.17, 15) is 19.2 Å². The van der Waals surface area contributed by atoms with Crippen LogP contribution in [0.3, 0.4) is 0 Å². The zero-order valence-corrected chi connectivity index (χ0v) is 24.6. The van der Waals surface area contributed by atoms with Gasteiger partial charge in [0, 0.05) is 21.8 Å². The summed E-state index contributed by atoms with van der Waals surface area (Å²) in [6.45, 7) is 4.00. The summed E-state index contributed by atoms with van der Waals surface area (Å²) >= 11 is 1.34. The molecular weight excluding hydrogens is 562 g/mol. The topological polar surface area (TPSA) is 114 Å². The maximum Gasteiger partial charge on any atom is 0.338 e. The van der Waals surface area contributed by atoms with Crippen molar-refractivity contribution in [3.8, 4) is 0 Å². The van der Waals surface area contributed by atoms with E-state index < -0.39 is 17.8 Å². The Hall–Kier alpha value is -5.15. The standard InChI is InChI=1S/C34H31N3O5S/c1-3-42-34(41)26-13-15-27(16-14-26)35-31(38)22-43-29-19-17-28(18-20-29)36-33(40)30(21-24-11-9-23(2)10-12-24)37-32(39)25-7-5-4-6-8-25/h4-21H,3,22H2,1-2H3,(H,35,38)(H,36,40)(H,37,39)/b30-21-. The van der Waals surface area contributed by atoms with Gasteiger partial charge in [-0.1, -0.05) is 48.0 Å². The number of aryl methyl sites for hydroxylation is 1. The van der Waals surface area contributed by atoms with Crippen molar-refractivity contribution in [2.24, 2.45) is 0 Å². The third-order valence-corrected chi connectivity index (χ3v) is 7.09. The van der Waals surface area contributed by atoms with Crippen LogP contribution in [0.2, 0.25) is 0 Å². The number of nitrogens with one attached hydrogen (secondary N) is 3. The van der Waals surface area contributed by atoms with Gasteiger partial charge < -0.3 is 20.7 Å². The normalized spacial score (nSPS) is 10.9. The Morgan fingerprint density at radius 2 is 1.37 bits per heavy atom. The lowest BCUT2D eigenvalue weighted by Crippen LogP contribution is -2.30. The van der Waals surface area contributed by atoms with Gasteiger partial charge in [-0.05, 0) is 86.2 Å². The van der Waals surface area contributed by atoms with Crippen LogP contribution < -0.4 is 16.0 Å². The molecule has 8 nitrogen and oxygen atoms in total. The van der Waals surface area contributed by atoms with Gasteiger partial charge in [0.1, 0.15) is 5.70 Å².